The quantitative estimate of drug-likeness (QED) is 0.375. The first-order valence-corrected chi connectivity index (χ1v) is 10.3. The molecule has 1 N–H and O–H groups in total. The Kier molecular flexibility index (Phi) is 7.75. The van der Waals surface area contributed by atoms with Crippen LogP contribution < -0.4 is 10.1 Å². The van der Waals surface area contributed by atoms with Crippen LogP contribution in [0, 0.1) is 10.1 Å². The second kappa shape index (κ2) is 10.7. The molecule has 0 saturated heterocycles. The molecule has 0 fully saturated rings. The smallest absolute Gasteiger partial charge is 0.270 e. The van der Waals surface area contributed by atoms with E-state index in [0.29, 0.717) is 23.4 Å². The lowest BCUT2D eigenvalue weighted by Crippen LogP contribution is -2.22. The lowest BCUT2D eigenvalue weighted by molar-refractivity contribution is -0.385. The van der Waals surface area contributed by atoms with E-state index in [-0.39, 0.29) is 25.0 Å². The molecule has 31 heavy (non-hydrogen) atoms. The maximum Gasteiger partial charge on any atom is 0.270 e. The number of carbonyl (C=O) groups is 1. The number of rotatable bonds is 9. The van der Waals surface area contributed by atoms with E-state index in [1.54, 1.807) is 0 Å². The molecule has 2 aromatic rings. The van der Waals surface area contributed by atoms with Gasteiger partial charge in [-0.15, -0.1) is 0 Å². The summed E-state index contributed by atoms with van der Waals surface area (Å²) in [6.07, 6.45) is 2.88. The number of ether oxygens (including phenoxy) is 2. The van der Waals surface area contributed by atoms with E-state index in [2.05, 4.69) is 36.2 Å². The summed E-state index contributed by atoms with van der Waals surface area (Å²) in [7, 11) is 0. The lowest BCUT2D eigenvalue weighted by atomic mass is 10.1. The van der Waals surface area contributed by atoms with Crippen LogP contribution in [0.1, 0.15) is 36.1 Å². The van der Waals surface area contributed by atoms with Gasteiger partial charge in [0.05, 0.1) is 11.5 Å². The summed E-state index contributed by atoms with van der Waals surface area (Å²) in [6.45, 7) is 7.90. The Labute approximate surface area is 181 Å². The topological polar surface area (TPSA) is 93.9 Å². The molecule has 0 spiro atoms. The predicted molar refractivity (Wildman–Crippen MR) is 117 cm³/mol. The fourth-order valence-electron chi connectivity index (χ4n) is 3.34. The zero-order chi connectivity index (χ0) is 22.2. The van der Waals surface area contributed by atoms with Gasteiger partial charge in [-0.25, -0.2) is 0 Å². The summed E-state index contributed by atoms with van der Waals surface area (Å²) in [5.74, 6) is 0.212. The van der Waals surface area contributed by atoms with Gasteiger partial charge in [-0.05, 0) is 30.3 Å². The minimum atomic E-state index is -0.476. The average Bonchev–Trinajstić information content (AvgIpc) is 2.80. The molecule has 0 aromatic heterocycles. The Morgan fingerprint density at radius 3 is 2.58 bits per heavy atom. The molecule has 1 aliphatic heterocycles. The van der Waals surface area contributed by atoms with Crippen molar-refractivity contribution in [1.29, 1.82) is 0 Å². The van der Waals surface area contributed by atoms with Crippen molar-refractivity contribution in [2.24, 2.45) is 0 Å². The molecule has 164 valence electrons. The molecule has 1 amide bonds. The van der Waals surface area contributed by atoms with Crippen molar-refractivity contribution >= 4 is 17.7 Å². The zero-order valence-corrected chi connectivity index (χ0v) is 17.8. The van der Waals surface area contributed by atoms with Crippen molar-refractivity contribution in [2.45, 2.75) is 33.5 Å². The SMILES string of the molecule is CCN(CC)Cc1ccc(CNC(=O)/C=C/c2cc([N+](=O)[O-])cc3c2OCOC3)cc1. The van der Waals surface area contributed by atoms with Crippen molar-refractivity contribution in [2.75, 3.05) is 19.9 Å². The molecule has 1 heterocycles. The third kappa shape index (κ3) is 6.13. The Bertz CT molecular complexity index is 952. The predicted octanol–water partition coefficient (Wildman–Crippen LogP) is 3.63. The third-order valence-corrected chi connectivity index (χ3v) is 5.14. The Morgan fingerprint density at radius 2 is 1.90 bits per heavy atom. The van der Waals surface area contributed by atoms with Crippen molar-refractivity contribution in [3.63, 3.8) is 0 Å². The highest BCUT2D eigenvalue weighted by molar-refractivity contribution is 5.92. The molecule has 0 saturated carbocycles. The largest absolute Gasteiger partial charge is 0.467 e. The lowest BCUT2D eigenvalue weighted by Gasteiger charge is -2.19. The van der Waals surface area contributed by atoms with Gasteiger partial charge in [0, 0.05) is 42.4 Å². The van der Waals surface area contributed by atoms with E-state index in [4.69, 9.17) is 9.47 Å². The fraction of sp³-hybridized carbons (Fsp3) is 0.348. The molecule has 0 aliphatic carbocycles. The van der Waals surface area contributed by atoms with Gasteiger partial charge in [0.1, 0.15) is 5.75 Å². The van der Waals surface area contributed by atoms with Gasteiger partial charge in [0.2, 0.25) is 5.91 Å². The van der Waals surface area contributed by atoms with E-state index in [9.17, 15) is 14.9 Å². The zero-order valence-electron chi connectivity index (χ0n) is 17.8. The molecule has 2 aromatic carbocycles. The van der Waals surface area contributed by atoms with Crippen LogP contribution >= 0.6 is 0 Å². The fourth-order valence-corrected chi connectivity index (χ4v) is 3.34. The molecule has 8 nitrogen and oxygen atoms in total. The second-order valence-corrected chi connectivity index (χ2v) is 7.22. The summed E-state index contributed by atoms with van der Waals surface area (Å²) in [6, 6.07) is 11.0. The average molecular weight is 425 g/mol. The molecule has 1 aliphatic rings. The summed E-state index contributed by atoms with van der Waals surface area (Å²) >= 11 is 0. The van der Waals surface area contributed by atoms with Crippen LogP contribution in [0.25, 0.3) is 6.08 Å². The Hall–Kier alpha value is -3.23. The highest BCUT2D eigenvalue weighted by Crippen LogP contribution is 2.33. The Morgan fingerprint density at radius 1 is 1.19 bits per heavy atom. The molecule has 8 heteroatoms. The first-order valence-electron chi connectivity index (χ1n) is 10.3. The molecule has 0 bridgehead atoms. The highest BCUT2D eigenvalue weighted by atomic mass is 16.7. The van der Waals surface area contributed by atoms with Crippen molar-refractivity contribution < 1.29 is 19.2 Å². The van der Waals surface area contributed by atoms with Gasteiger partial charge in [-0.3, -0.25) is 19.8 Å². The van der Waals surface area contributed by atoms with Crippen LogP contribution in [0.3, 0.4) is 0 Å². The number of nitrogens with one attached hydrogen (secondary N) is 1. The maximum absolute atomic E-state index is 12.3. The molecule has 0 unspecified atom stereocenters. The Balaban J connectivity index is 1.61. The summed E-state index contributed by atoms with van der Waals surface area (Å²) in [5, 5.41) is 14.0. The monoisotopic (exact) mass is 425 g/mol. The first-order chi connectivity index (χ1) is 15.0. The van der Waals surface area contributed by atoms with Gasteiger partial charge in [-0.1, -0.05) is 38.1 Å². The van der Waals surface area contributed by atoms with Crippen LogP contribution in [-0.4, -0.2) is 35.6 Å². The molecule has 0 radical (unpaired) electrons. The molecule has 3 rings (SSSR count). The van der Waals surface area contributed by atoms with Gasteiger partial charge >= 0.3 is 0 Å². The van der Waals surface area contributed by atoms with Crippen molar-refractivity contribution in [3.8, 4) is 5.75 Å². The minimum Gasteiger partial charge on any atom is -0.467 e. The van der Waals surface area contributed by atoms with E-state index >= 15 is 0 Å². The van der Waals surface area contributed by atoms with Crippen LogP contribution in [0.15, 0.2) is 42.5 Å². The van der Waals surface area contributed by atoms with Crippen molar-refractivity contribution in [1.82, 2.24) is 10.2 Å². The molecular formula is C23H27N3O5. The first kappa shape index (κ1) is 22.5. The maximum atomic E-state index is 12.3. The number of fused-ring (bicyclic) bond motifs is 1. The van der Waals surface area contributed by atoms with Gasteiger partial charge in [-0.2, -0.15) is 0 Å². The number of amides is 1. The molecule has 0 atom stereocenters. The number of nitro groups is 1. The van der Waals surface area contributed by atoms with Crippen LogP contribution in [0.5, 0.6) is 5.75 Å². The highest BCUT2D eigenvalue weighted by Gasteiger charge is 2.19. The number of hydrogen-bond donors (Lipinski definition) is 1. The third-order valence-electron chi connectivity index (χ3n) is 5.14. The number of benzene rings is 2. The van der Waals surface area contributed by atoms with E-state index in [1.165, 1.54) is 29.8 Å². The second-order valence-electron chi connectivity index (χ2n) is 7.22. The summed E-state index contributed by atoms with van der Waals surface area (Å²) in [4.78, 5) is 25.3. The number of non-ortho nitro benzene ring substituents is 1. The number of hydrogen-bond acceptors (Lipinski definition) is 6. The van der Waals surface area contributed by atoms with Crippen molar-refractivity contribution in [3.05, 3.63) is 74.8 Å². The van der Waals surface area contributed by atoms with Crippen LogP contribution in [0.2, 0.25) is 0 Å². The number of nitro benzene ring substituents is 1. The van der Waals surface area contributed by atoms with Gasteiger partial charge in [0.15, 0.2) is 6.79 Å². The van der Waals surface area contributed by atoms with Gasteiger partial charge in [0.25, 0.3) is 5.69 Å². The normalized spacial score (nSPS) is 13.1. The molecular weight excluding hydrogens is 398 g/mol. The number of nitrogens with zero attached hydrogens (tertiary/aromatic N) is 2. The van der Waals surface area contributed by atoms with E-state index in [0.717, 1.165) is 25.2 Å². The summed E-state index contributed by atoms with van der Waals surface area (Å²) < 4.78 is 10.7. The van der Waals surface area contributed by atoms with Crippen LogP contribution in [0.4, 0.5) is 5.69 Å². The number of carbonyl (C=O) groups excluding carboxylic acids is 1. The summed E-state index contributed by atoms with van der Waals surface area (Å²) in [5.41, 5.74) is 3.22. The standard InChI is InChI=1S/C23H27N3O5/c1-3-25(4-2)14-18-7-5-17(6-8-18)13-24-22(27)10-9-19-11-21(26(28)29)12-20-15-30-16-31-23(19)20/h5-12H,3-4,13-16H2,1-2H3,(H,24,27)/b10-9+. The van der Waals surface area contributed by atoms with Crippen LogP contribution in [-0.2, 0) is 29.2 Å². The minimum absolute atomic E-state index is 0.0715. The van der Waals surface area contributed by atoms with E-state index < -0.39 is 4.92 Å². The van der Waals surface area contributed by atoms with Gasteiger partial charge < -0.3 is 14.8 Å². The van der Waals surface area contributed by atoms with E-state index in [1.807, 2.05) is 12.1 Å².